The van der Waals surface area contributed by atoms with Gasteiger partial charge in [0.25, 0.3) is 0 Å². The summed E-state index contributed by atoms with van der Waals surface area (Å²) in [6.07, 6.45) is 1.37. The molecular formula is C15H10F2N2O2. The van der Waals surface area contributed by atoms with Crippen LogP contribution in [0.1, 0.15) is 0 Å². The summed E-state index contributed by atoms with van der Waals surface area (Å²) in [6, 6.07) is 8.97. The number of hydrogen-bond acceptors (Lipinski definition) is 3. The fraction of sp³-hybridized carbons (Fsp3) is 0. The molecule has 0 fully saturated rings. The molecule has 0 radical (unpaired) electrons. The number of nitrogens with zero attached hydrogens (tertiary/aromatic N) is 2. The number of aromatic nitrogens is 2. The lowest BCUT2D eigenvalue weighted by Gasteiger charge is -2.11. The average molecular weight is 288 g/mol. The van der Waals surface area contributed by atoms with Gasteiger partial charge < -0.3 is 10.2 Å². The van der Waals surface area contributed by atoms with Crippen LogP contribution in [0.2, 0.25) is 0 Å². The standard InChI is InChI=1S/C15H10F2N2O2/c16-11-2-1-3-12(17)15(11)19-13(6-7-18-19)10-5-4-9(20)8-14(10)21/h1-8,20-21H. The van der Waals surface area contributed by atoms with Crippen LogP contribution >= 0.6 is 0 Å². The number of rotatable bonds is 2. The van der Waals surface area contributed by atoms with E-state index in [0.29, 0.717) is 11.3 Å². The maximum absolute atomic E-state index is 13.9. The molecule has 0 aliphatic rings. The Morgan fingerprint density at radius 1 is 0.952 bits per heavy atom. The Labute approximate surface area is 118 Å². The smallest absolute Gasteiger partial charge is 0.151 e. The molecule has 3 rings (SSSR count). The first kappa shape index (κ1) is 13.1. The predicted octanol–water partition coefficient (Wildman–Crippen LogP) is 3.23. The number of para-hydroxylation sites is 1. The molecule has 0 atom stereocenters. The van der Waals surface area contributed by atoms with Crippen molar-refractivity contribution < 1.29 is 19.0 Å². The van der Waals surface area contributed by atoms with E-state index >= 15 is 0 Å². The van der Waals surface area contributed by atoms with Crippen LogP contribution in [0.15, 0.2) is 48.7 Å². The van der Waals surface area contributed by atoms with Crippen molar-refractivity contribution in [1.29, 1.82) is 0 Å². The van der Waals surface area contributed by atoms with Crippen LogP contribution in [0.5, 0.6) is 11.5 Å². The molecule has 0 unspecified atom stereocenters. The Morgan fingerprint density at radius 3 is 2.33 bits per heavy atom. The van der Waals surface area contributed by atoms with E-state index in [-0.39, 0.29) is 17.2 Å². The summed E-state index contributed by atoms with van der Waals surface area (Å²) in [5.41, 5.74) is 0.273. The molecule has 4 nitrogen and oxygen atoms in total. The van der Waals surface area contributed by atoms with Gasteiger partial charge in [0.15, 0.2) is 11.6 Å². The van der Waals surface area contributed by atoms with Crippen molar-refractivity contribution >= 4 is 0 Å². The molecule has 0 saturated heterocycles. The van der Waals surface area contributed by atoms with E-state index in [4.69, 9.17) is 0 Å². The minimum absolute atomic E-state index is 0.112. The summed E-state index contributed by atoms with van der Waals surface area (Å²) in [6.45, 7) is 0. The maximum atomic E-state index is 13.9. The summed E-state index contributed by atoms with van der Waals surface area (Å²) in [4.78, 5) is 0. The van der Waals surface area contributed by atoms with Gasteiger partial charge >= 0.3 is 0 Å². The number of phenolic OH excluding ortho intramolecular Hbond substituents is 2. The summed E-state index contributed by atoms with van der Waals surface area (Å²) >= 11 is 0. The fourth-order valence-electron chi connectivity index (χ4n) is 2.11. The Bertz CT molecular complexity index is 795. The highest BCUT2D eigenvalue weighted by atomic mass is 19.1. The third kappa shape index (κ3) is 2.20. The Hall–Kier alpha value is -2.89. The van der Waals surface area contributed by atoms with E-state index in [0.717, 1.165) is 22.9 Å². The molecule has 106 valence electrons. The second kappa shape index (κ2) is 4.90. The van der Waals surface area contributed by atoms with Gasteiger partial charge in [-0.05, 0) is 30.3 Å². The van der Waals surface area contributed by atoms with Gasteiger partial charge in [-0.25, -0.2) is 13.5 Å². The van der Waals surface area contributed by atoms with Crippen molar-refractivity contribution in [2.45, 2.75) is 0 Å². The number of halogens is 2. The van der Waals surface area contributed by atoms with Crippen molar-refractivity contribution in [1.82, 2.24) is 9.78 Å². The molecular weight excluding hydrogens is 278 g/mol. The van der Waals surface area contributed by atoms with Crippen molar-refractivity contribution in [3.8, 4) is 28.4 Å². The second-order valence-electron chi connectivity index (χ2n) is 4.40. The van der Waals surface area contributed by atoms with Gasteiger partial charge in [0.1, 0.15) is 17.2 Å². The van der Waals surface area contributed by atoms with Gasteiger partial charge in [-0.3, -0.25) is 0 Å². The van der Waals surface area contributed by atoms with E-state index in [2.05, 4.69) is 5.10 Å². The normalized spacial score (nSPS) is 10.8. The SMILES string of the molecule is Oc1ccc(-c2ccnn2-c2c(F)cccc2F)c(O)c1. The minimum Gasteiger partial charge on any atom is -0.508 e. The summed E-state index contributed by atoms with van der Waals surface area (Å²) < 4.78 is 28.8. The van der Waals surface area contributed by atoms with E-state index < -0.39 is 11.6 Å². The van der Waals surface area contributed by atoms with Crippen LogP contribution in [-0.2, 0) is 0 Å². The topological polar surface area (TPSA) is 58.3 Å². The largest absolute Gasteiger partial charge is 0.508 e. The van der Waals surface area contributed by atoms with Crippen LogP contribution < -0.4 is 0 Å². The van der Waals surface area contributed by atoms with Crippen LogP contribution in [-0.4, -0.2) is 20.0 Å². The third-order valence-electron chi connectivity index (χ3n) is 3.05. The zero-order valence-electron chi connectivity index (χ0n) is 10.7. The highest BCUT2D eigenvalue weighted by molar-refractivity contribution is 5.69. The molecule has 1 aromatic heterocycles. The van der Waals surface area contributed by atoms with Gasteiger partial charge in [-0.15, -0.1) is 0 Å². The quantitative estimate of drug-likeness (QED) is 0.761. The monoisotopic (exact) mass is 288 g/mol. The molecule has 0 bridgehead atoms. The molecule has 0 amide bonds. The molecule has 0 aliphatic carbocycles. The first-order valence-electron chi connectivity index (χ1n) is 6.08. The Morgan fingerprint density at radius 2 is 1.67 bits per heavy atom. The molecule has 0 spiro atoms. The molecule has 1 heterocycles. The Kier molecular flexibility index (Phi) is 3.06. The molecule has 2 N–H and O–H groups in total. The minimum atomic E-state index is -0.766. The molecule has 6 heteroatoms. The van der Waals surface area contributed by atoms with Crippen molar-refractivity contribution in [3.63, 3.8) is 0 Å². The van der Waals surface area contributed by atoms with E-state index in [9.17, 15) is 19.0 Å². The van der Waals surface area contributed by atoms with Crippen LogP contribution in [0.4, 0.5) is 8.78 Å². The maximum Gasteiger partial charge on any atom is 0.151 e. The molecule has 3 aromatic rings. The molecule has 0 saturated carbocycles. The van der Waals surface area contributed by atoms with Gasteiger partial charge in [-0.2, -0.15) is 5.10 Å². The molecule has 21 heavy (non-hydrogen) atoms. The number of hydrogen-bond donors (Lipinski definition) is 2. The zero-order valence-corrected chi connectivity index (χ0v) is 10.7. The van der Waals surface area contributed by atoms with Crippen LogP contribution in [0.3, 0.4) is 0 Å². The number of phenols is 2. The summed E-state index contributed by atoms with van der Waals surface area (Å²) in [5, 5.41) is 23.1. The van der Waals surface area contributed by atoms with Crippen molar-refractivity contribution in [3.05, 3.63) is 60.3 Å². The summed E-state index contributed by atoms with van der Waals surface area (Å²) in [7, 11) is 0. The van der Waals surface area contributed by atoms with E-state index in [1.165, 1.54) is 30.5 Å². The zero-order chi connectivity index (χ0) is 15.0. The fourth-order valence-corrected chi connectivity index (χ4v) is 2.11. The average Bonchev–Trinajstić information content (AvgIpc) is 2.87. The summed E-state index contributed by atoms with van der Waals surface area (Å²) in [5.74, 6) is -1.86. The highest BCUT2D eigenvalue weighted by Gasteiger charge is 2.17. The third-order valence-corrected chi connectivity index (χ3v) is 3.05. The predicted molar refractivity (Wildman–Crippen MR) is 72.2 cm³/mol. The second-order valence-corrected chi connectivity index (χ2v) is 4.40. The van der Waals surface area contributed by atoms with Gasteiger partial charge in [0.05, 0.1) is 11.9 Å². The number of benzene rings is 2. The number of aromatic hydroxyl groups is 2. The van der Waals surface area contributed by atoms with E-state index in [1.807, 2.05) is 0 Å². The lowest BCUT2D eigenvalue weighted by atomic mass is 10.1. The Balaban J connectivity index is 2.22. The van der Waals surface area contributed by atoms with Crippen LogP contribution in [0, 0.1) is 11.6 Å². The molecule has 2 aromatic carbocycles. The van der Waals surface area contributed by atoms with Gasteiger partial charge in [0, 0.05) is 11.6 Å². The first-order chi connectivity index (χ1) is 10.1. The van der Waals surface area contributed by atoms with E-state index in [1.54, 1.807) is 0 Å². The lowest BCUT2D eigenvalue weighted by molar-refractivity contribution is 0.451. The first-order valence-corrected chi connectivity index (χ1v) is 6.08. The molecule has 0 aliphatic heterocycles. The van der Waals surface area contributed by atoms with Crippen molar-refractivity contribution in [2.24, 2.45) is 0 Å². The lowest BCUT2D eigenvalue weighted by Crippen LogP contribution is -2.04. The highest BCUT2D eigenvalue weighted by Crippen LogP contribution is 2.33. The van der Waals surface area contributed by atoms with Gasteiger partial charge in [0.2, 0.25) is 0 Å². The van der Waals surface area contributed by atoms with Gasteiger partial charge in [-0.1, -0.05) is 6.07 Å². The van der Waals surface area contributed by atoms with Crippen LogP contribution in [0.25, 0.3) is 16.9 Å². The van der Waals surface area contributed by atoms with Crippen molar-refractivity contribution in [2.75, 3.05) is 0 Å².